The second-order valence-electron chi connectivity index (χ2n) is 24.5. The highest BCUT2D eigenvalue weighted by molar-refractivity contribution is 5.86. The van der Waals surface area contributed by atoms with Crippen LogP contribution in [-0.4, -0.2) is 89.2 Å². The normalized spacial score (nSPS) is 27.1. The Morgan fingerprint density at radius 1 is 0.556 bits per heavy atom. The molecule has 90 heavy (non-hydrogen) atoms. The number of fused-ring (bicyclic) bond motifs is 5. The van der Waals surface area contributed by atoms with E-state index in [1.165, 1.54) is 38.2 Å². The Morgan fingerprint density at radius 3 is 1.34 bits per heavy atom. The van der Waals surface area contributed by atoms with Gasteiger partial charge in [-0.1, -0.05) is 97.6 Å². The van der Waals surface area contributed by atoms with Crippen LogP contribution in [-0.2, 0) is 43.0 Å². The highest BCUT2D eigenvalue weighted by Gasteiger charge is 2.67. The molecule has 0 saturated heterocycles. The van der Waals surface area contributed by atoms with E-state index in [0.717, 1.165) is 51.4 Å². The van der Waals surface area contributed by atoms with Gasteiger partial charge in [0.2, 0.25) is 5.82 Å². The zero-order chi connectivity index (χ0) is 69.0. The molecule has 0 aromatic heterocycles. The van der Waals surface area contributed by atoms with Gasteiger partial charge in [0.25, 0.3) is 0 Å². The number of hydrogen-bond acceptors (Lipinski definition) is 17. The number of carboxylic acid groups (broad SMARTS) is 6. The Bertz CT molecular complexity index is 2690. The lowest BCUT2D eigenvalue weighted by atomic mass is 9.65. The molecule has 12 unspecified atom stereocenters. The molecule has 31 heteroatoms. The molecular weight excluding hydrogens is 1250 g/mol. The number of allylic oxidation sites excluding steroid dienone is 2. The van der Waals surface area contributed by atoms with Crippen LogP contribution in [0.3, 0.4) is 0 Å². The van der Waals surface area contributed by atoms with E-state index in [1.807, 2.05) is 27.7 Å². The predicted octanol–water partition coefficient (Wildman–Crippen LogP) is 5.36. The summed E-state index contributed by atoms with van der Waals surface area (Å²) in [7, 11) is 0. The number of carbonyl (C=O) groups excluding carboxylic acids is 8. The van der Waals surface area contributed by atoms with Gasteiger partial charge in [0.05, 0.1) is 41.3 Å². The Balaban J connectivity index is 0.000000286. The maximum absolute atomic E-state index is 12.7. The molecule has 0 heterocycles. The molecule has 6 fully saturated rings. The van der Waals surface area contributed by atoms with Crippen molar-refractivity contribution in [1.29, 1.82) is 0 Å². The molecule has 12 atom stereocenters. The quantitative estimate of drug-likeness (QED) is 0.0806. The number of aliphatic carboxylic acids is 5. The second-order valence-corrected chi connectivity index (χ2v) is 24.5. The van der Waals surface area contributed by atoms with Gasteiger partial charge in [0.1, 0.15) is 23.0 Å². The Morgan fingerprint density at radius 2 is 1.01 bits per heavy atom. The number of carboxylic acids is 6. The average molecular weight is 1320 g/mol. The monoisotopic (exact) mass is 1320 g/mol. The Hall–Kier alpha value is -6.30. The third kappa shape index (κ3) is 18.9. The highest BCUT2D eigenvalue weighted by Crippen LogP contribution is 2.62. The molecule has 0 aliphatic heterocycles. The topological polar surface area (TPSA) is 314 Å². The number of aliphatic hydroxyl groups is 1. The van der Waals surface area contributed by atoms with Gasteiger partial charge in [0, 0.05) is 24.8 Å². The van der Waals surface area contributed by atoms with Crippen LogP contribution in [0.25, 0.3) is 0 Å². The van der Waals surface area contributed by atoms with E-state index in [2.05, 4.69) is 0 Å². The van der Waals surface area contributed by atoms with Crippen molar-refractivity contribution in [3.63, 3.8) is 0 Å². The number of halogens is 14. The number of esters is 2. The first-order valence-electron chi connectivity index (χ1n) is 29.1. The van der Waals surface area contributed by atoms with E-state index in [0.29, 0.717) is 24.7 Å². The van der Waals surface area contributed by atoms with Crippen LogP contribution in [0.15, 0.2) is 12.2 Å². The summed E-state index contributed by atoms with van der Waals surface area (Å²) in [4.78, 5) is 86.8. The van der Waals surface area contributed by atoms with Crippen LogP contribution in [0.2, 0.25) is 0 Å². The molecule has 4 bridgehead atoms. The van der Waals surface area contributed by atoms with Crippen LogP contribution in [0.1, 0.15) is 173 Å². The van der Waals surface area contributed by atoms with Gasteiger partial charge in [0.15, 0.2) is 28.9 Å². The number of ether oxygens (including phenoxy) is 2. The van der Waals surface area contributed by atoms with Gasteiger partial charge in [-0.3, -0.25) is 9.59 Å². The lowest BCUT2D eigenvalue weighted by molar-refractivity contribution is -0.351. The van der Waals surface area contributed by atoms with Gasteiger partial charge in [-0.15, -0.1) is 0 Å². The van der Waals surface area contributed by atoms with Crippen molar-refractivity contribution in [2.45, 2.75) is 199 Å². The SMILES string of the molecule is CC(C)C(CC(=O)[O-])OC(=O)C1CCCC2CCCCC21.CC(C)C(CC(=O)[O-])OC(=O)C1CCCCC1.CC(O)(C(=O)[O-])C(F)(F)F.O=C([O-])C1(C(F)(F)F)CC2C=CC1C2.O=C([O-])C1(C(F)(F)F)CC2CCC1C2.O=C([O-])c1c(F)c(F)c(F)c(F)c1F. The zero-order valence-corrected chi connectivity index (χ0v) is 49.5. The minimum Gasteiger partial charge on any atom is -0.550 e. The van der Waals surface area contributed by atoms with Crippen LogP contribution >= 0.6 is 0 Å². The molecule has 1 aromatic carbocycles. The van der Waals surface area contributed by atoms with E-state index in [1.54, 1.807) is 6.08 Å². The lowest BCUT2D eigenvalue weighted by Gasteiger charge is -2.40. The minimum absolute atomic E-state index is 0.000408. The molecule has 6 saturated carbocycles. The molecule has 7 aliphatic carbocycles. The van der Waals surface area contributed by atoms with Gasteiger partial charge < -0.3 is 74.0 Å². The number of rotatable bonds is 14. The molecule has 8 rings (SSSR count). The zero-order valence-electron chi connectivity index (χ0n) is 49.5. The van der Waals surface area contributed by atoms with Gasteiger partial charge in [-0.25, -0.2) is 22.0 Å². The summed E-state index contributed by atoms with van der Waals surface area (Å²) in [6.07, 6.45) is 1.19. The number of aromatic carboxylic acids is 1. The number of benzene rings is 1. The fraction of sp³-hybridized carbons (Fsp3) is 0.729. The lowest BCUT2D eigenvalue weighted by Crippen LogP contribution is -2.56. The Labute approximate surface area is 507 Å². The third-order valence-corrected chi connectivity index (χ3v) is 17.9. The molecular formula is C59H70F14O17-6. The molecule has 0 spiro atoms. The standard InChI is InChI=1S/C17H28O4.C13H22O4.C9H11F3O2.C9H9F3O2.C7HF5O2.C4H5F3O3/c1-11(2)15(10-16(18)19)21-17(20)14-9-5-7-12-6-3-4-8-13(12)14;1-9(2)11(8-12(14)15)17-13(16)10-6-4-3-5-7-10;2*10-9(11,12)8(7(13)14)4-5-1-2-6(8)3-5;8-2-1(7(13)14)3(9)5(11)6(12)4(2)10;1-3(10,2(8)9)4(5,6)7/h11-15H,3-10H2,1-2H3,(H,18,19);9-11H,3-8H2,1-2H3,(H,14,15);5-6H,1-4H2,(H,13,14);1-2,5-6H,3-4H2,(H,13,14);(H,13,14);10H,1H3,(H,8,9)/p-6. The van der Waals surface area contributed by atoms with Crippen molar-refractivity contribution < 1.29 is 145 Å². The first kappa shape index (κ1) is 77.9. The van der Waals surface area contributed by atoms with E-state index >= 15 is 0 Å². The van der Waals surface area contributed by atoms with E-state index in [-0.39, 0.29) is 86.5 Å². The molecule has 0 amide bonds. The number of alkyl halides is 9. The summed E-state index contributed by atoms with van der Waals surface area (Å²) in [5.74, 6) is -24.5. The summed E-state index contributed by atoms with van der Waals surface area (Å²) < 4.78 is 183. The van der Waals surface area contributed by atoms with Crippen molar-refractivity contribution in [3.05, 3.63) is 46.8 Å². The summed E-state index contributed by atoms with van der Waals surface area (Å²) >= 11 is 0. The predicted molar refractivity (Wildman–Crippen MR) is 268 cm³/mol. The third-order valence-electron chi connectivity index (χ3n) is 17.9. The minimum atomic E-state index is -5.19. The smallest absolute Gasteiger partial charge is 0.422 e. The average Bonchev–Trinajstić information content (AvgIpc) is 1.58. The summed E-state index contributed by atoms with van der Waals surface area (Å²) in [5, 5.41) is 70.5. The highest BCUT2D eigenvalue weighted by atomic mass is 19.4. The van der Waals surface area contributed by atoms with Crippen LogP contribution < -0.4 is 30.6 Å². The van der Waals surface area contributed by atoms with Gasteiger partial charge >= 0.3 is 30.5 Å². The largest absolute Gasteiger partial charge is 0.550 e. The Kier molecular flexibility index (Phi) is 27.6. The van der Waals surface area contributed by atoms with Crippen LogP contribution in [0.4, 0.5) is 61.5 Å². The molecule has 7 aliphatic rings. The van der Waals surface area contributed by atoms with Crippen molar-refractivity contribution in [1.82, 2.24) is 0 Å². The van der Waals surface area contributed by atoms with Crippen molar-refractivity contribution in [2.75, 3.05) is 0 Å². The molecule has 17 nitrogen and oxygen atoms in total. The number of carbonyl (C=O) groups is 8. The van der Waals surface area contributed by atoms with Crippen molar-refractivity contribution >= 4 is 47.8 Å². The van der Waals surface area contributed by atoms with Crippen molar-refractivity contribution in [3.8, 4) is 0 Å². The van der Waals surface area contributed by atoms with E-state index in [4.69, 9.17) is 14.6 Å². The fourth-order valence-corrected chi connectivity index (χ4v) is 12.7. The van der Waals surface area contributed by atoms with Gasteiger partial charge in [-0.2, -0.15) is 39.5 Å². The molecule has 512 valence electrons. The van der Waals surface area contributed by atoms with Crippen LogP contribution in [0.5, 0.6) is 0 Å². The molecule has 0 radical (unpaired) electrons. The summed E-state index contributed by atoms with van der Waals surface area (Å²) in [6, 6.07) is 0. The van der Waals surface area contributed by atoms with E-state index in [9.17, 15) is 130 Å². The first-order chi connectivity index (χ1) is 41.3. The maximum Gasteiger partial charge on any atom is 0.422 e. The second kappa shape index (κ2) is 31.8. The maximum atomic E-state index is 12.7. The van der Waals surface area contributed by atoms with Crippen molar-refractivity contribution in [2.24, 2.45) is 70.0 Å². The fourth-order valence-electron chi connectivity index (χ4n) is 12.7. The number of hydrogen-bond donors (Lipinski definition) is 1. The molecule has 1 N–H and O–H groups in total. The van der Waals surface area contributed by atoms with Gasteiger partial charge in [-0.05, 0) is 112 Å². The summed E-state index contributed by atoms with van der Waals surface area (Å²) in [5.41, 5.74) is -10.9. The van der Waals surface area contributed by atoms with E-state index < -0.39 is 129 Å². The first-order valence-corrected chi connectivity index (χ1v) is 29.1. The van der Waals surface area contributed by atoms with Crippen LogP contribution in [0, 0.1) is 99.1 Å². The molecule has 1 aromatic rings. The summed E-state index contributed by atoms with van der Waals surface area (Å²) in [6.45, 7) is 7.57.